The van der Waals surface area contributed by atoms with Crippen LogP contribution in [0.3, 0.4) is 0 Å². The van der Waals surface area contributed by atoms with Crippen LogP contribution < -0.4 is 19.5 Å². The van der Waals surface area contributed by atoms with E-state index in [0.717, 1.165) is 34.6 Å². The normalized spacial score (nSPS) is 14.6. The summed E-state index contributed by atoms with van der Waals surface area (Å²) in [5, 5.41) is 2.96. The van der Waals surface area contributed by atoms with Crippen molar-refractivity contribution >= 4 is 5.91 Å². The molecule has 154 valence electrons. The smallest absolute Gasteiger partial charge is 0.251 e. The van der Waals surface area contributed by atoms with Crippen LogP contribution in [0.25, 0.3) is 11.3 Å². The third kappa shape index (κ3) is 3.81. The number of aromatic nitrogens is 1. The number of fused-ring (bicyclic) bond motifs is 1. The summed E-state index contributed by atoms with van der Waals surface area (Å²) in [7, 11) is 3.11. The van der Waals surface area contributed by atoms with Gasteiger partial charge in [0.2, 0.25) is 0 Å². The molecular formula is C24H24N2O4. The predicted molar refractivity (Wildman–Crippen MR) is 114 cm³/mol. The van der Waals surface area contributed by atoms with Crippen molar-refractivity contribution in [2.45, 2.75) is 19.4 Å². The lowest BCUT2D eigenvalue weighted by atomic mass is 10.0. The van der Waals surface area contributed by atoms with Crippen LogP contribution in [-0.4, -0.2) is 37.8 Å². The fourth-order valence-electron chi connectivity index (χ4n) is 3.69. The number of methoxy groups -OCH3 is 2. The van der Waals surface area contributed by atoms with Gasteiger partial charge in [0, 0.05) is 23.7 Å². The Hall–Kier alpha value is -3.54. The van der Waals surface area contributed by atoms with Gasteiger partial charge in [-0.2, -0.15) is 0 Å². The van der Waals surface area contributed by atoms with Gasteiger partial charge in [0.05, 0.1) is 26.5 Å². The Labute approximate surface area is 175 Å². The minimum atomic E-state index is -0.184. The number of rotatable bonds is 6. The summed E-state index contributed by atoms with van der Waals surface area (Å²) in [6, 6.07) is 15.2. The van der Waals surface area contributed by atoms with E-state index in [1.54, 1.807) is 38.6 Å². The van der Waals surface area contributed by atoms with Gasteiger partial charge in [-0.05, 0) is 48.4 Å². The number of ether oxygens (including phenoxy) is 3. The highest BCUT2D eigenvalue weighted by atomic mass is 16.5. The maximum absolute atomic E-state index is 12.6. The second kappa shape index (κ2) is 8.45. The molecule has 1 aliphatic rings. The maximum atomic E-state index is 12.6. The first-order valence-electron chi connectivity index (χ1n) is 9.81. The van der Waals surface area contributed by atoms with E-state index in [9.17, 15) is 4.79 Å². The molecule has 0 fully saturated rings. The van der Waals surface area contributed by atoms with Gasteiger partial charge in [0.15, 0.2) is 11.5 Å². The fraction of sp³-hybridized carbons (Fsp3) is 0.250. The number of aryl methyl sites for hydroxylation is 1. The molecule has 1 atom stereocenters. The lowest BCUT2D eigenvalue weighted by molar-refractivity contribution is 0.0933. The van der Waals surface area contributed by atoms with Gasteiger partial charge in [-0.3, -0.25) is 9.78 Å². The number of hydrogen-bond donors (Lipinski definition) is 1. The van der Waals surface area contributed by atoms with Crippen molar-refractivity contribution in [3.05, 3.63) is 71.4 Å². The van der Waals surface area contributed by atoms with Gasteiger partial charge < -0.3 is 19.5 Å². The summed E-state index contributed by atoms with van der Waals surface area (Å²) >= 11 is 0. The van der Waals surface area contributed by atoms with E-state index in [0.29, 0.717) is 23.6 Å². The molecule has 0 spiro atoms. The molecule has 1 aliphatic heterocycles. The van der Waals surface area contributed by atoms with Crippen molar-refractivity contribution < 1.29 is 19.0 Å². The Morgan fingerprint density at radius 1 is 1.13 bits per heavy atom. The molecule has 1 aromatic heterocycles. The molecule has 6 heteroatoms. The molecule has 0 radical (unpaired) electrons. The first-order valence-corrected chi connectivity index (χ1v) is 9.81. The molecule has 0 unspecified atom stereocenters. The monoisotopic (exact) mass is 404 g/mol. The Morgan fingerprint density at radius 2 is 1.97 bits per heavy atom. The van der Waals surface area contributed by atoms with Crippen molar-refractivity contribution in [2.75, 3.05) is 20.8 Å². The summed E-state index contributed by atoms with van der Waals surface area (Å²) in [4.78, 5) is 17.1. The SMILES string of the molecule is COc1ccc(C(=O)NC[C@H]2Cc3cccc(-c4ncccc4C)c3O2)cc1OC. The Balaban J connectivity index is 1.45. The molecule has 2 aromatic carbocycles. The summed E-state index contributed by atoms with van der Waals surface area (Å²) in [5.74, 6) is 1.77. The molecule has 3 aromatic rings. The van der Waals surface area contributed by atoms with Gasteiger partial charge in [-0.1, -0.05) is 18.2 Å². The number of amides is 1. The van der Waals surface area contributed by atoms with E-state index in [-0.39, 0.29) is 12.0 Å². The average Bonchev–Trinajstić information content (AvgIpc) is 3.20. The van der Waals surface area contributed by atoms with Crippen LogP contribution in [0.1, 0.15) is 21.5 Å². The van der Waals surface area contributed by atoms with Crippen molar-refractivity contribution in [1.82, 2.24) is 10.3 Å². The number of carbonyl (C=O) groups is 1. The summed E-state index contributed by atoms with van der Waals surface area (Å²) in [6.07, 6.45) is 2.40. The van der Waals surface area contributed by atoms with Crippen LogP contribution >= 0.6 is 0 Å². The van der Waals surface area contributed by atoms with Crippen LogP contribution in [0.15, 0.2) is 54.7 Å². The number of hydrogen-bond acceptors (Lipinski definition) is 5. The summed E-state index contributed by atoms with van der Waals surface area (Å²) in [5.41, 5.74) is 4.64. The summed E-state index contributed by atoms with van der Waals surface area (Å²) in [6.45, 7) is 2.44. The number of nitrogens with one attached hydrogen (secondary N) is 1. The van der Waals surface area contributed by atoms with Gasteiger partial charge in [0.25, 0.3) is 5.91 Å². The third-order valence-electron chi connectivity index (χ3n) is 5.23. The predicted octanol–water partition coefficient (Wildman–Crippen LogP) is 3.81. The fourth-order valence-corrected chi connectivity index (χ4v) is 3.69. The minimum Gasteiger partial charge on any atom is -0.493 e. The Kier molecular flexibility index (Phi) is 5.57. The molecule has 4 rings (SSSR count). The first kappa shape index (κ1) is 19.8. The van der Waals surface area contributed by atoms with Gasteiger partial charge >= 0.3 is 0 Å². The molecule has 0 saturated carbocycles. The highest BCUT2D eigenvalue weighted by Gasteiger charge is 2.27. The van der Waals surface area contributed by atoms with Crippen LogP contribution in [0.2, 0.25) is 0 Å². The lowest BCUT2D eigenvalue weighted by Gasteiger charge is -2.14. The van der Waals surface area contributed by atoms with Crippen molar-refractivity contribution in [2.24, 2.45) is 0 Å². The van der Waals surface area contributed by atoms with Crippen molar-refractivity contribution in [3.63, 3.8) is 0 Å². The zero-order valence-corrected chi connectivity index (χ0v) is 17.3. The molecular weight excluding hydrogens is 380 g/mol. The average molecular weight is 404 g/mol. The van der Waals surface area contributed by atoms with Gasteiger partial charge in [0.1, 0.15) is 11.9 Å². The maximum Gasteiger partial charge on any atom is 0.251 e. The number of para-hydroxylation sites is 1. The van der Waals surface area contributed by atoms with Crippen LogP contribution in [0.4, 0.5) is 0 Å². The molecule has 1 amide bonds. The standard InChI is InChI=1S/C24H24N2O4/c1-15-6-5-11-25-22(15)19-8-4-7-16-12-18(30-23(16)19)14-26-24(27)17-9-10-20(28-2)21(13-17)29-3/h4-11,13,18H,12,14H2,1-3H3,(H,26,27)/t18-/m1/s1. The Bertz CT molecular complexity index is 1080. The zero-order valence-electron chi connectivity index (χ0n) is 17.3. The number of nitrogens with zero attached hydrogens (tertiary/aromatic N) is 1. The van der Waals surface area contributed by atoms with Gasteiger partial charge in [-0.15, -0.1) is 0 Å². The Morgan fingerprint density at radius 3 is 2.73 bits per heavy atom. The molecule has 2 heterocycles. The highest BCUT2D eigenvalue weighted by molar-refractivity contribution is 5.94. The second-order valence-corrected chi connectivity index (χ2v) is 7.19. The number of pyridine rings is 1. The van der Waals surface area contributed by atoms with Crippen LogP contribution in [0, 0.1) is 6.92 Å². The van der Waals surface area contributed by atoms with E-state index >= 15 is 0 Å². The first-order chi connectivity index (χ1) is 14.6. The van der Waals surface area contributed by atoms with E-state index in [1.807, 2.05) is 31.2 Å². The number of carbonyl (C=O) groups excluding carboxylic acids is 1. The minimum absolute atomic E-state index is 0.130. The molecule has 0 aliphatic carbocycles. The van der Waals surface area contributed by atoms with E-state index in [4.69, 9.17) is 14.2 Å². The molecule has 30 heavy (non-hydrogen) atoms. The quantitative estimate of drug-likeness (QED) is 0.677. The topological polar surface area (TPSA) is 69.7 Å². The molecule has 0 saturated heterocycles. The second-order valence-electron chi connectivity index (χ2n) is 7.19. The summed E-state index contributed by atoms with van der Waals surface area (Å²) < 4.78 is 16.7. The number of benzene rings is 2. The lowest BCUT2D eigenvalue weighted by Crippen LogP contribution is -2.34. The van der Waals surface area contributed by atoms with E-state index < -0.39 is 0 Å². The molecule has 1 N–H and O–H groups in total. The van der Waals surface area contributed by atoms with Crippen LogP contribution in [0.5, 0.6) is 17.2 Å². The van der Waals surface area contributed by atoms with Gasteiger partial charge in [-0.25, -0.2) is 0 Å². The third-order valence-corrected chi connectivity index (χ3v) is 5.23. The van der Waals surface area contributed by atoms with E-state index in [1.165, 1.54) is 0 Å². The zero-order chi connectivity index (χ0) is 21.1. The molecule has 0 bridgehead atoms. The molecule has 6 nitrogen and oxygen atoms in total. The van der Waals surface area contributed by atoms with Crippen molar-refractivity contribution in [1.29, 1.82) is 0 Å². The van der Waals surface area contributed by atoms with E-state index in [2.05, 4.69) is 16.4 Å². The largest absolute Gasteiger partial charge is 0.493 e. The van der Waals surface area contributed by atoms with Crippen LogP contribution in [-0.2, 0) is 6.42 Å². The highest BCUT2D eigenvalue weighted by Crippen LogP contribution is 2.38. The van der Waals surface area contributed by atoms with Crippen molar-refractivity contribution in [3.8, 4) is 28.5 Å².